The molecule has 4 aromatic heterocycles. The van der Waals surface area contributed by atoms with Crippen molar-refractivity contribution in [1.82, 2.24) is 19.9 Å². The average molecular weight is 1230 g/mol. The second kappa shape index (κ2) is 19.1. The molecule has 16 rings (SSSR count). The largest absolute Gasteiger partial charge is 2.00 e. The molecule has 0 aliphatic carbocycles. The van der Waals surface area contributed by atoms with Crippen molar-refractivity contribution in [1.29, 1.82) is 0 Å². The molecule has 0 bridgehead atoms. The van der Waals surface area contributed by atoms with Gasteiger partial charge in [0, 0.05) is 40.4 Å². The first-order valence-electron chi connectivity index (χ1n) is 26.9. The number of nitrogens with zero attached hydrogens (tertiary/aromatic N) is 4. The van der Waals surface area contributed by atoms with Gasteiger partial charge in [-0.3, -0.25) is 9.97 Å². The summed E-state index contributed by atoms with van der Waals surface area (Å²) in [5.41, 5.74) is 16.7. The van der Waals surface area contributed by atoms with Crippen LogP contribution in [0.4, 0.5) is 0 Å². The SMILES string of the molecule is CC(C)(C)c1cc2c3c(c1)Oc1ccc(-c4nc5ccccc5o4)[c-]c1B3c1[c-]c(-c3ccccn3)ccc1O2.CC(C)(C)c1cc2c3c(c1)Oc1ccc(-c4nc5ccccc5o4)cc1B3c1cc(-c3ccccn3)ccc1O2.[Pt+2]. The first-order chi connectivity index (χ1) is 38.8. The van der Waals surface area contributed by atoms with Gasteiger partial charge in [-0.05, 0) is 135 Å². The number of hydrogen-bond donors (Lipinski definition) is 0. The number of aromatic nitrogens is 4. The van der Waals surface area contributed by atoms with Gasteiger partial charge in [-0.2, -0.15) is 0 Å². The maximum atomic E-state index is 6.60. The number of benzene rings is 8. The van der Waals surface area contributed by atoms with Crippen LogP contribution in [0.2, 0.25) is 0 Å². The van der Waals surface area contributed by atoms with E-state index in [0.29, 0.717) is 11.8 Å². The minimum Gasteiger partial charge on any atom is -0.503 e. The standard InChI is InChI=1S/C34H25BN2O3.C34H23BN2O3.Pt/c2*1-34(2,3)22-18-30-32-31(19-22)39-28-14-12-21(33-37-26-9-4-5-10-29(26)40-33)17-24(28)35(32)23-16-20(11-13-27(23)38-30)25-8-6-7-15-36-25;/h4-19H,1-3H3;4-15,18-19H,1-3H3;/q;-2;+2. The second-order valence-electron chi connectivity index (χ2n) is 22.8. The van der Waals surface area contributed by atoms with Crippen LogP contribution in [0.1, 0.15) is 52.7 Å². The fraction of sp³-hybridized carbons (Fsp3) is 0.118. The van der Waals surface area contributed by atoms with E-state index in [4.69, 9.17) is 37.7 Å². The maximum Gasteiger partial charge on any atom is 2.00 e. The number of rotatable bonds is 4. The molecule has 81 heavy (non-hydrogen) atoms. The van der Waals surface area contributed by atoms with Crippen molar-refractivity contribution >= 4 is 68.4 Å². The summed E-state index contributed by atoms with van der Waals surface area (Å²) in [5.74, 6) is 7.56. The van der Waals surface area contributed by atoms with Crippen LogP contribution in [-0.4, -0.2) is 33.4 Å². The molecule has 8 aromatic carbocycles. The molecule has 10 nitrogen and oxygen atoms in total. The van der Waals surface area contributed by atoms with Gasteiger partial charge in [0.2, 0.25) is 12.6 Å². The topological polar surface area (TPSA) is 115 Å². The molecule has 0 N–H and O–H groups in total. The first kappa shape index (κ1) is 50.3. The Morgan fingerprint density at radius 1 is 0.395 bits per heavy atom. The van der Waals surface area contributed by atoms with Gasteiger partial charge in [0.05, 0.1) is 11.2 Å². The van der Waals surface area contributed by atoms with Crippen LogP contribution < -0.4 is 51.7 Å². The summed E-state index contributed by atoms with van der Waals surface area (Å²) >= 11 is 0. The molecule has 4 aliphatic heterocycles. The minimum absolute atomic E-state index is 0. The van der Waals surface area contributed by atoms with Crippen LogP contribution in [0, 0.1) is 12.1 Å². The van der Waals surface area contributed by atoms with Gasteiger partial charge < -0.3 is 32.8 Å². The molecular formula is C68H48B2N4O6Pt. The van der Waals surface area contributed by atoms with Crippen LogP contribution >= 0.6 is 0 Å². The molecule has 4 aliphatic rings. The Balaban J connectivity index is 0.000000144. The van der Waals surface area contributed by atoms with Crippen LogP contribution in [0.5, 0.6) is 46.0 Å². The fourth-order valence-electron chi connectivity index (χ4n) is 11.3. The number of fused-ring (bicyclic) bond motifs is 10. The van der Waals surface area contributed by atoms with Gasteiger partial charge >= 0.3 is 21.1 Å². The number of pyridine rings is 2. The third kappa shape index (κ3) is 8.72. The van der Waals surface area contributed by atoms with Gasteiger partial charge in [0.15, 0.2) is 5.58 Å². The molecule has 392 valence electrons. The minimum atomic E-state index is -0.195. The Labute approximate surface area is 483 Å². The van der Waals surface area contributed by atoms with Gasteiger partial charge in [0.1, 0.15) is 51.5 Å². The number of ether oxygens (including phenoxy) is 4. The normalized spacial score (nSPS) is 13.1. The number of hydrogen-bond acceptors (Lipinski definition) is 10. The van der Waals surface area contributed by atoms with Gasteiger partial charge in [-0.1, -0.05) is 102 Å². The molecule has 0 spiro atoms. The van der Waals surface area contributed by atoms with E-state index >= 15 is 0 Å². The van der Waals surface area contributed by atoms with Gasteiger partial charge in [-0.25, -0.2) is 4.98 Å². The van der Waals surface area contributed by atoms with E-state index in [0.717, 1.165) is 140 Å². The smallest absolute Gasteiger partial charge is 0.503 e. The van der Waals surface area contributed by atoms with Gasteiger partial charge in [-0.15, -0.1) is 52.9 Å². The van der Waals surface area contributed by atoms with Crippen molar-refractivity contribution in [3.8, 4) is 91.4 Å². The van der Waals surface area contributed by atoms with Crippen LogP contribution in [0.25, 0.3) is 67.6 Å². The fourth-order valence-corrected chi connectivity index (χ4v) is 11.3. The van der Waals surface area contributed by atoms with E-state index in [1.165, 1.54) is 5.56 Å². The van der Waals surface area contributed by atoms with Crippen molar-refractivity contribution < 1.29 is 48.8 Å². The zero-order chi connectivity index (χ0) is 54.0. The molecule has 0 saturated carbocycles. The van der Waals surface area contributed by atoms with E-state index < -0.39 is 0 Å². The molecule has 0 fully saturated rings. The molecule has 0 atom stereocenters. The summed E-state index contributed by atoms with van der Waals surface area (Å²) in [6, 6.07) is 63.9. The summed E-state index contributed by atoms with van der Waals surface area (Å²) in [6.07, 6.45) is 3.62. The molecule has 12 aromatic rings. The Morgan fingerprint density at radius 3 is 1.38 bits per heavy atom. The molecule has 0 unspecified atom stereocenters. The molecular weight excluding hydrogens is 1190 g/mol. The Morgan fingerprint density at radius 2 is 0.840 bits per heavy atom. The van der Waals surface area contributed by atoms with Crippen LogP contribution in [0.3, 0.4) is 0 Å². The van der Waals surface area contributed by atoms with E-state index in [1.54, 1.807) is 6.20 Å². The quantitative estimate of drug-likeness (QED) is 0.125. The van der Waals surface area contributed by atoms with E-state index in [1.807, 2.05) is 128 Å². The third-order valence-corrected chi connectivity index (χ3v) is 15.5. The predicted molar refractivity (Wildman–Crippen MR) is 316 cm³/mol. The Kier molecular flexibility index (Phi) is 11.8. The monoisotopic (exact) mass is 1230 g/mol. The molecule has 0 radical (unpaired) electrons. The van der Waals surface area contributed by atoms with E-state index in [-0.39, 0.29) is 45.3 Å². The van der Waals surface area contributed by atoms with Crippen LogP contribution in [0.15, 0.2) is 191 Å². The van der Waals surface area contributed by atoms with E-state index in [2.05, 4.69) is 112 Å². The van der Waals surface area contributed by atoms with Crippen molar-refractivity contribution in [3.63, 3.8) is 0 Å². The summed E-state index contributed by atoms with van der Waals surface area (Å²) in [4.78, 5) is 18.6. The zero-order valence-corrected chi connectivity index (χ0v) is 47.3. The molecule has 0 saturated heterocycles. The van der Waals surface area contributed by atoms with Crippen LogP contribution in [-0.2, 0) is 31.9 Å². The first-order valence-corrected chi connectivity index (χ1v) is 26.9. The maximum absolute atomic E-state index is 6.60. The summed E-state index contributed by atoms with van der Waals surface area (Å²) in [6.45, 7) is 12.9. The summed E-state index contributed by atoms with van der Waals surface area (Å²) < 4.78 is 38.5. The molecule has 13 heteroatoms. The summed E-state index contributed by atoms with van der Waals surface area (Å²) in [7, 11) is 0. The van der Waals surface area contributed by atoms with Gasteiger partial charge in [0.25, 0.3) is 6.71 Å². The van der Waals surface area contributed by atoms with Crippen molar-refractivity contribution in [2.45, 2.75) is 52.4 Å². The Hall–Kier alpha value is -8.98. The second-order valence-corrected chi connectivity index (χ2v) is 22.8. The van der Waals surface area contributed by atoms with Crippen molar-refractivity contribution in [2.24, 2.45) is 0 Å². The van der Waals surface area contributed by atoms with Crippen molar-refractivity contribution in [2.75, 3.05) is 0 Å². The predicted octanol–water partition coefficient (Wildman–Crippen LogP) is 12.8. The third-order valence-electron chi connectivity index (χ3n) is 15.5. The van der Waals surface area contributed by atoms with E-state index in [9.17, 15) is 0 Å². The summed E-state index contributed by atoms with van der Waals surface area (Å²) in [5, 5.41) is 0. The number of para-hydroxylation sites is 4. The molecule has 8 heterocycles. The van der Waals surface area contributed by atoms with Crippen molar-refractivity contribution in [3.05, 3.63) is 206 Å². The average Bonchev–Trinajstić information content (AvgIpc) is 4.32. The Bertz CT molecular complexity index is 4110. The zero-order valence-electron chi connectivity index (χ0n) is 45.0. The molecule has 0 amide bonds. The number of oxazole rings is 2.